The van der Waals surface area contributed by atoms with Gasteiger partial charge in [-0.25, -0.2) is 4.98 Å². The molecule has 5 nitrogen and oxygen atoms in total. The summed E-state index contributed by atoms with van der Waals surface area (Å²) in [6.07, 6.45) is 4.41. The van der Waals surface area contributed by atoms with E-state index in [1.165, 1.54) is 18.4 Å². The van der Waals surface area contributed by atoms with Crippen molar-refractivity contribution in [3.8, 4) is 0 Å². The number of anilines is 1. The number of hydrogen-bond donors (Lipinski definition) is 2. The van der Waals surface area contributed by atoms with Gasteiger partial charge in [0.15, 0.2) is 5.84 Å². The van der Waals surface area contributed by atoms with Gasteiger partial charge in [0.2, 0.25) is 0 Å². The number of amidine groups is 1. The third-order valence-corrected chi connectivity index (χ3v) is 4.57. The molecule has 0 fully saturated rings. The summed E-state index contributed by atoms with van der Waals surface area (Å²) in [5.74, 6) is 1.44. The van der Waals surface area contributed by atoms with Gasteiger partial charge in [-0.15, -0.1) is 0 Å². The van der Waals surface area contributed by atoms with Crippen molar-refractivity contribution < 1.29 is 5.21 Å². The Balaban J connectivity index is 2.51. The number of rotatable bonds is 4. The number of hydrogen-bond acceptors (Lipinski definition) is 4. The van der Waals surface area contributed by atoms with Gasteiger partial charge in [0, 0.05) is 18.8 Å². The van der Waals surface area contributed by atoms with Crippen molar-refractivity contribution in [3.05, 3.63) is 22.9 Å². The average Bonchev–Trinajstić information content (AvgIpc) is 2.51. The highest BCUT2D eigenvalue weighted by molar-refractivity contribution is 6.01. The zero-order chi connectivity index (χ0) is 15.6. The van der Waals surface area contributed by atoms with Gasteiger partial charge in [-0.3, -0.25) is 0 Å². The molecule has 1 aliphatic rings. The van der Waals surface area contributed by atoms with E-state index in [9.17, 15) is 0 Å². The Morgan fingerprint density at radius 1 is 1.33 bits per heavy atom. The molecule has 1 aliphatic carbocycles. The standard InChI is InChI=1S/C16H26N4O/c1-10(2)11(3)20(4)16-13(15(17)19-21)9-12-7-5-6-8-14(12)18-16/h9-11,21H,5-8H2,1-4H3,(H2,17,19). The van der Waals surface area contributed by atoms with Crippen LogP contribution in [0.15, 0.2) is 11.2 Å². The van der Waals surface area contributed by atoms with E-state index in [1.807, 2.05) is 7.05 Å². The van der Waals surface area contributed by atoms with E-state index in [-0.39, 0.29) is 5.84 Å². The zero-order valence-electron chi connectivity index (χ0n) is 13.4. The van der Waals surface area contributed by atoms with Crippen LogP contribution < -0.4 is 10.6 Å². The fourth-order valence-corrected chi connectivity index (χ4v) is 2.77. The van der Waals surface area contributed by atoms with Gasteiger partial charge in [-0.05, 0) is 50.2 Å². The number of oxime groups is 1. The second-order valence-corrected chi connectivity index (χ2v) is 6.25. The Kier molecular flexibility index (Phi) is 4.70. The molecule has 2 rings (SSSR count). The summed E-state index contributed by atoms with van der Waals surface area (Å²) in [6.45, 7) is 6.54. The summed E-state index contributed by atoms with van der Waals surface area (Å²) in [7, 11) is 2.02. The van der Waals surface area contributed by atoms with Gasteiger partial charge in [0.1, 0.15) is 5.82 Å². The Hall–Kier alpha value is -1.78. The van der Waals surface area contributed by atoms with Gasteiger partial charge < -0.3 is 15.8 Å². The van der Waals surface area contributed by atoms with Crippen LogP contribution in [0, 0.1) is 5.92 Å². The topological polar surface area (TPSA) is 74.7 Å². The van der Waals surface area contributed by atoms with Gasteiger partial charge in [0.05, 0.1) is 5.56 Å². The highest BCUT2D eigenvalue weighted by atomic mass is 16.4. The first-order valence-electron chi connectivity index (χ1n) is 7.69. The molecule has 3 N–H and O–H groups in total. The maximum absolute atomic E-state index is 9.06. The maximum Gasteiger partial charge on any atom is 0.173 e. The average molecular weight is 290 g/mol. The molecule has 0 spiro atoms. The van der Waals surface area contributed by atoms with E-state index in [2.05, 4.69) is 36.9 Å². The second-order valence-electron chi connectivity index (χ2n) is 6.25. The van der Waals surface area contributed by atoms with Crippen molar-refractivity contribution in [2.45, 2.75) is 52.5 Å². The monoisotopic (exact) mass is 290 g/mol. The first kappa shape index (κ1) is 15.6. The van der Waals surface area contributed by atoms with E-state index < -0.39 is 0 Å². The number of aromatic nitrogens is 1. The highest BCUT2D eigenvalue weighted by Gasteiger charge is 2.23. The summed E-state index contributed by atoms with van der Waals surface area (Å²) in [6, 6.07) is 2.37. The smallest absolute Gasteiger partial charge is 0.173 e. The Morgan fingerprint density at radius 3 is 2.62 bits per heavy atom. The Labute approximate surface area is 126 Å². The molecule has 1 aromatic heterocycles. The Bertz CT molecular complexity index is 539. The van der Waals surface area contributed by atoms with Crippen LogP contribution in [-0.4, -0.2) is 29.1 Å². The minimum atomic E-state index is 0.133. The molecule has 116 valence electrons. The quantitative estimate of drug-likeness (QED) is 0.387. The lowest BCUT2D eigenvalue weighted by molar-refractivity contribution is 0.318. The molecule has 5 heteroatoms. The molecule has 0 radical (unpaired) electrons. The molecule has 0 saturated carbocycles. The predicted molar refractivity (Wildman–Crippen MR) is 86.1 cm³/mol. The maximum atomic E-state index is 9.06. The summed E-state index contributed by atoms with van der Waals surface area (Å²) < 4.78 is 0. The van der Waals surface area contributed by atoms with Crippen molar-refractivity contribution in [2.24, 2.45) is 16.8 Å². The molecular weight excluding hydrogens is 264 g/mol. The van der Waals surface area contributed by atoms with Crippen LogP contribution in [0.5, 0.6) is 0 Å². The minimum absolute atomic E-state index is 0.133. The molecular formula is C16H26N4O. The number of aryl methyl sites for hydroxylation is 2. The highest BCUT2D eigenvalue weighted by Crippen LogP contribution is 2.28. The second kappa shape index (κ2) is 6.33. The number of pyridine rings is 1. The van der Waals surface area contributed by atoms with E-state index in [4.69, 9.17) is 15.9 Å². The van der Waals surface area contributed by atoms with Crippen LogP contribution in [0.25, 0.3) is 0 Å². The molecule has 1 aromatic rings. The van der Waals surface area contributed by atoms with Crippen molar-refractivity contribution in [1.82, 2.24) is 4.98 Å². The van der Waals surface area contributed by atoms with Crippen LogP contribution in [0.4, 0.5) is 5.82 Å². The van der Waals surface area contributed by atoms with Crippen molar-refractivity contribution in [1.29, 1.82) is 0 Å². The van der Waals surface area contributed by atoms with Crippen LogP contribution in [0.3, 0.4) is 0 Å². The fraction of sp³-hybridized carbons (Fsp3) is 0.625. The summed E-state index contributed by atoms with van der Waals surface area (Å²) in [5, 5.41) is 12.2. The third kappa shape index (κ3) is 3.12. The van der Waals surface area contributed by atoms with E-state index >= 15 is 0 Å². The van der Waals surface area contributed by atoms with Crippen LogP contribution >= 0.6 is 0 Å². The van der Waals surface area contributed by atoms with Gasteiger partial charge in [0.25, 0.3) is 0 Å². The normalized spacial score (nSPS) is 16.7. The van der Waals surface area contributed by atoms with Crippen molar-refractivity contribution >= 4 is 11.7 Å². The molecule has 0 bridgehead atoms. The number of nitrogens with zero attached hydrogens (tertiary/aromatic N) is 3. The lowest BCUT2D eigenvalue weighted by Crippen LogP contribution is -2.36. The van der Waals surface area contributed by atoms with Crippen LogP contribution in [0.1, 0.15) is 50.4 Å². The molecule has 1 heterocycles. The largest absolute Gasteiger partial charge is 0.409 e. The third-order valence-electron chi connectivity index (χ3n) is 4.57. The summed E-state index contributed by atoms with van der Waals surface area (Å²) in [5.41, 5.74) is 9.00. The first-order valence-corrected chi connectivity index (χ1v) is 7.69. The summed E-state index contributed by atoms with van der Waals surface area (Å²) >= 11 is 0. The van der Waals surface area contributed by atoms with Crippen LogP contribution in [-0.2, 0) is 12.8 Å². The molecule has 1 unspecified atom stereocenters. The number of fused-ring (bicyclic) bond motifs is 1. The molecule has 0 aromatic carbocycles. The SMILES string of the molecule is CC(C)C(C)N(C)c1nc2c(cc1C(N)=NO)CCCC2. The fourth-order valence-electron chi connectivity index (χ4n) is 2.77. The van der Waals surface area contributed by atoms with E-state index in [0.717, 1.165) is 29.9 Å². The molecule has 1 atom stereocenters. The molecule has 0 saturated heterocycles. The predicted octanol–water partition coefficient (Wildman–Crippen LogP) is 2.54. The molecule has 0 aliphatic heterocycles. The zero-order valence-corrected chi connectivity index (χ0v) is 13.4. The lowest BCUT2D eigenvalue weighted by Gasteiger charge is -2.31. The number of nitrogens with two attached hydrogens (primary N) is 1. The van der Waals surface area contributed by atoms with Crippen molar-refractivity contribution in [3.63, 3.8) is 0 Å². The summed E-state index contributed by atoms with van der Waals surface area (Å²) in [4.78, 5) is 6.97. The van der Waals surface area contributed by atoms with E-state index in [1.54, 1.807) is 0 Å². The lowest BCUT2D eigenvalue weighted by atomic mass is 9.94. The van der Waals surface area contributed by atoms with Crippen LogP contribution in [0.2, 0.25) is 0 Å². The molecule has 0 amide bonds. The van der Waals surface area contributed by atoms with Crippen molar-refractivity contribution in [2.75, 3.05) is 11.9 Å². The minimum Gasteiger partial charge on any atom is -0.409 e. The van der Waals surface area contributed by atoms with Gasteiger partial charge in [-0.1, -0.05) is 19.0 Å². The Morgan fingerprint density at radius 2 is 2.00 bits per heavy atom. The van der Waals surface area contributed by atoms with Gasteiger partial charge in [-0.2, -0.15) is 0 Å². The molecule has 21 heavy (non-hydrogen) atoms. The van der Waals surface area contributed by atoms with Gasteiger partial charge >= 0.3 is 0 Å². The first-order chi connectivity index (χ1) is 9.95. The van der Waals surface area contributed by atoms with E-state index in [0.29, 0.717) is 12.0 Å².